The average molecular weight is 236 g/mol. The van der Waals surface area contributed by atoms with Crippen LogP contribution in [0.1, 0.15) is 5.56 Å². The van der Waals surface area contributed by atoms with Crippen LogP contribution in [0.15, 0.2) is 12.1 Å². The average Bonchev–Trinajstić information content (AvgIpc) is 2.34. The van der Waals surface area contributed by atoms with E-state index in [9.17, 15) is 4.79 Å². The maximum absolute atomic E-state index is 10.4. The fourth-order valence-corrected chi connectivity index (χ4v) is 1.24. The molecule has 5 nitrogen and oxygen atoms in total. The Hall–Kier alpha value is -2.35. The van der Waals surface area contributed by atoms with Crippen molar-refractivity contribution in [1.82, 2.24) is 0 Å². The molecule has 0 fully saturated rings. The van der Waals surface area contributed by atoms with Crippen LogP contribution in [-0.2, 0) is 4.79 Å². The van der Waals surface area contributed by atoms with E-state index in [0.29, 0.717) is 22.8 Å². The summed E-state index contributed by atoms with van der Waals surface area (Å²) in [7, 11) is 4.43. The summed E-state index contributed by atoms with van der Waals surface area (Å²) in [6.45, 7) is 0. The maximum Gasteiger partial charge on any atom is 0.382 e. The van der Waals surface area contributed by atoms with Crippen molar-refractivity contribution in [3.8, 4) is 29.1 Å². The van der Waals surface area contributed by atoms with Gasteiger partial charge in [0.1, 0.15) is 22.8 Å². The second-order valence-corrected chi connectivity index (χ2v) is 2.96. The van der Waals surface area contributed by atoms with E-state index in [1.54, 1.807) is 12.1 Å². The van der Waals surface area contributed by atoms with Crippen molar-refractivity contribution in [3.63, 3.8) is 0 Å². The Morgan fingerprint density at radius 2 is 1.65 bits per heavy atom. The second-order valence-electron chi connectivity index (χ2n) is 2.96. The molecule has 17 heavy (non-hydrogen) atoms. The highest BCUT2D eigenvalue weighted by molar-refractivity contribution is 5.87. The number of hydrogen-bond donors (Lipinski definition) is 1. The molecule has 0 aliphatic rings. The lowest BCUT2D eigenvalue weighted by molar-refractivity contribution is -0.130. The summed E-state index contributed by atoms with van der Waals surface area (Å²) in [5.74, 6) is 4.61. The lowest BCUT2D eigenvalue weighted by Gasteiger charge is -2.10. The summed E-state index contributed by atoms with van der Waals surface area (Å²) < 4.78 is 15.3. The Morgan fingerprint density at radius 1 is 1.12 bits per heavy atom. The third-order valence-corrected chi connectivity index (χ3v) is 2.01. The van der Waals surface area contributed by atoms with Gasteiger partial charge in [0, 0.05) is 18.1 Å². The highest BCUT2D eigenvalue weighted by Crippen LogP contribution is 2.33. The molecule has 1 aromatic rings. The first kappa shape index (κ1) is 12.7. The van der Waals surface area contributed by atoms with Gasteiger partial charge in [-0.1, -0.05) is 0 Å². The van der Waals surface area contributed by atoms with Crippen LogP contribution in [0.3, 0.4) is 0 Å². The van der Waals surface area contributed by atoms with Crippen molar-refractivity contribution in [2.24, 2.45) is 0 Å². The monoisotopic (exact) mass is 236 g/mol. The molecular weight excluding hydrogens is 224 g/mol. The number of rotatable bonds is 3. The molecule has 0 heterocycles. The number of carboxylic acid groups (broad SMARTS) is 1. The van der Waals surface area contributed by atoms with E-state index < -0.39 is 5.97 Å². The Balaban J connectivity index is 3.36. The number of carbonyl (C=O) groups is 1. The first-order valence-electron chi connectivity index (χ1n) is 4.67. The number of ether oxygens (including phenoxy) is 3. The molecule has 0 amide bonds. The number of aliphatic carboxylic acids is 1. The zero-order valence-corrected chi connectivity index (χ0v) is 9.73. The van der Waals surface area contributed by atoms with E-state index in [1.807, 2.05) is 5.92 Å². The Bertz CT molecular complexity index is 456. The number of benzene rings is 1. The predicted octanol–water partition coefficient (Wildman–Crippen LogP) is 1.15. The molecule has 5 heteroatoms. The van der Waals surface area contributed by atoms with Gasteiger partial charge >= 0.3 is 5.97 Å². The van der Waals surface area contributed by atoms with Gasteiger partial charge in [-0.05, 0) is 5.92 Å². The molecule has 0 aliphatic heterocycles. The Morgan fingerprint density at radius 3 is 2.00 bits per heavy atom. The first-order chi connectivity index (χ1) is 8.12. The number of methoxy groups -OCH3 is 3. The molecule has 0 aromatic heterocycles. The minimum absolute atomic E-state index is 0.373. The van der Waals surface area contributed by atoms with Crippen LogP contribution in [0.2, 0.25) is 0 Å². The van der Waals surface area contributed by atoms with Crippen LogP contribution in [0.4, 0.5) is 0 Å². The van der Waals surface area contributed by atoms with Crippen LogP contribution in [0.25, 0.3) is 0 Å². The van der Waals surface area contributed by atoms with Crippen molar-refractivity contribution < 1.29 is 24.1 Å². The van der Waals surface area contributed by atoms with E-state index in [0.717, 1.165) is 0 Å². The third-order valence-electron chi connectivity index (χ3n) is 2.01. The largest absolute Gasteiger partial charge is 0.496 e. The second kappa shape index (κ2) is 5.66. The molecule has 1 rings (SSSR count). The molecule has 0 unspecified atom stereocenters. The normalized spacial score (nSPS) is 8.88. The fourth-order valence-electron chi connectivity index (χ4n) is 1.24. The van der Waals surface area contributed by atoms with Gasteiger partial charge in [-0.2, -0.15) is 0 Å². The third kappa shape index (κ3) is 3.05. The van der Waals surface area contributed by atoms with Crippen molar-refractivity contribution >= 4 is 5.97 Å². The van der Waals surface area contributed by atoms with E-state index in [2.05, 4.69) is 5.92 Å². The zero-order valence-electron chi connectivity index (χ0n) is 9.73. The molecule has 0 aliphatic carbocycles. The summed E-state index contributed by atoms with van der Waals surface area (Å²) in [6, 6.07) is 3.21. The smallest absolute Gasteiger partial charge is 0.382 e. The first-order valence-corrected chi connectivity index (χ1v) is 4.67. The maximum atomic E-state index is 10.4. The Kier molecular flexibility index (Phi) is 4.23. The van der Waals surface area contributed by atoms with Crippen LogP contribution in [-0.4, -0.2) is 32.4 Å². The summed E-state index contributed by atoms with van der Waals surface area (Å²) >= 11 is 0. The molecule has 0 saturated carbocycles. The van der Waals surface area contributed by atoms with Crippen LogP contribution < -0.4 is 14.2 Å². The molecule has 0 bridgehead atoms. The Labute approximate surface area is 98.9 Å². The highest BCUT2D eigenvalue weighted by Gasteiger charge is 2.11. The fraction of sp³-hybridized carbons (Fsp3) is 0.250. The van der Waals surface area contributed by atoms with Crippen molar-refractivity contribution in [2.75, 3.05) is 21.3 Å². The highest BCUT2D eigenvalue weighted by atomic mass is 16.5. The summed E-state index contributed by atoms with van der Waals surface area (Å²) in [6.07, 6.45) is 0. The van der Waals surface area contributed by atoms with Gasteiger partial charge < -0.3 is 19.3 Å². The summed E-state index contributed by atoms with van der Waals surface area (Å²) in [5.41, 5.74) is 0.373. The van der Waals surface area contributed by atoms with Crippen LogP contribution in [0.5, 0.6) is 17.2 Å². The lowest BCUT2D eigenvalue weighted by Crippen LogP contribution is -1.96. The molecular formula is C12H12O5. The van der Waals surface area contributed by atoms with Crippen molar-refractivity contribution in [1.29, 1.82) is 0 Å². The summed E-state index contributed by atoms with van der Waals surface area (Å²) in [4.78, 5) is 10.4. The number of hydrogen-bond acceptors (Lipinski definition) is 4. The van der Waals surface area contributed by atoms with Gasteiger partial charge in [0.2, 0.25) is 0 Å². The predicted molar refractivity (Wildman–Crippen MR) is 60.6 cm³/mol. The van der Waals surface area contributed by atoms with Gasteiger partial charge in [-0.3, -0.25) is 0 Å². The van der Waals surface area contributed by atoms with Crippen molar-refractivity contribution in [3.05, 3.63) is 17.7 Å². The van der Waals surface area contributed by atoms with Crippen molar-refractivity contribution in [2.45, 2.75) is 0 Å². The zero-order chi connectivity index (χ0) is 12.8. The van der Waals surface area contributed by atoms with Gasteiger partial charge in [-0.15, -0.1) is 0 Å². The SMILES string of the molecule is COc1cc(OC)c(C#CC(=O)O)c(OC)c1. The minimum atomic E-state index is -1.22. The standard InChI is InChI=1S/C12H12O5/c1-15-8-6-10(16-2)9(4-5-12(13)14)11(7-8)17-3/h6-7H,1-3H3,(H,13,14). The van der Waals surface area contributed by atoms with Gasteiger partial charge in [-0.25, -0.2) is 4.79 Å². The molecule has 90 valence electrons. The van der Waals surface area contributed by atoms with Gasteiger partial charge in [0.15, 0.2) is 0 Å². The molecule has 0 atom stereocenters. The van der Waals surface area contributed by atoms with E-state index in [4.69, 9.17) is 19.3 Å². The van der Waals surface area contributed by atoms with Crippen LogP contribution >= 0.6 is 0 Å². The minimum Gasteiger partial charge on any atom is -0.496 e. The van der Waals surface area contributed by atoms with Gasteiger partial charge in [0.05, 0.1) is 21.3 Å². The molecule has 1 aromatic carbocycles. The van der Waals surface area contributed by atoms with Gasteiger partial charge in [0.25, 0.3) is 0 Å². The van der Waals surface area contributed by atoms with Crippen LogP contribution in [0, 0.1) is 11.8 Å². The summed E-state index contributed by atoms with van der Waals surface area (Å²) in [5, 5.41) is 8.52. The lowest BCUT2D eigenvalue weighted by atomic mass is 10.1. The van der Waals surface area contributed by atoms with E-state index >= 15 is 0 Å². The van der Waals surface area contributed by atoms with E-state index in [1.165, 1.54) is 21.3 Å². The molecule has 0 radical (unpaired) electrons. The van der Waals surface area contributed by atoms with E-state index in [-0.39, 0.29) is 0 Å². The number of carboxylic acids is 1. The topological polar surface area (TPSA) is 65.0 Å². The molecule has 0 saturated heterocycles. The molecule has 0 spiro atoms. The quantitative estimate of drug-likeness (QED) is 0.797. The molecule has 1 N–H and O–H groups in total.